The fourth-order valence-corrected chi connectivity index (χ4v) is 2.50. The van der Waals surface area contributed by atoms with Gasteiger partial charge in [0.25, 0.3) is 5.91 Å². The van der Waals surface area contributed by atoms with Gasteiger partial charge in [0.15, 0.2) is 18.1 Å². The molecule has 142 valence electrons. The van der Waals surface area contributed by atoms with Crippen LogP contribution in [0.5, 0.6) is 11.5 Å². The Labute approximate surface area is 153 Å². The molecule has 26 heavy (non-hydrogen) atoms. The van der Waals surface area contributed by atoms with Gasteiger partial charge in [0.05, 0.1) is 19.8 Å². The SMILES string of the molecule is CCOc1ccc(/C=C/C(=O)OCC(=O)NC[C@H]2CCCO2)cc1OC. The molecule has 1 heterocycles. The molecule has 0 bridgehead atoms. The molecule has 1 aliphatic heterocycles. The standard InChI is InChI=1S/C19H25NO6/c1-3-24-16-8-6-14(11-17(16)23-2)7-9-19(22)26-13-18(21)20-12-15-5-4-10-25-15/h6-9,11,15H,3-5,10,12-13H2,1-2H3,(H,20,21)/b9-7+/t15-/m1/s1. The molecule has 1 aromatic carbocycles. The number of carbonyl (C=O) groups excluding carboxylic acids is 2. The van der Waals surface area contributed by atoms with Crippen LogP contribution in [-0.4, -0.2) is 51.5 Å². The minimum atomic E-state index is -0.592. The van der Waals surface area contributed by atoms with Gasteiger partial charge in [-0.15, -0.1) is 0 Å². The minimum absolute atomic E-state index is 0.0594. The molecule has 0 spiro atoms. The summed E-state index contributed by atoms with van der Waals surface area (Å²) < 4.78 is 21.0. The summed E-state index contributed by atoms with van der Waals surface area (Å²) in [5.41, 5.74) is 0.755. The van der Waals surface area contributed by atoms with Crippen molar-refractivity contribution in [3.8, 4) is 11.5 Å². The van der Waals surface area contributed by atoms with E-state index in [1.807, 2.05) is 6.92 Å². The van der Waals surface area contributed by atoms with Crippen molar-refractivity contribution >= 4 is 18.0 Å². The summed E-state index contributed by atoms with van der Waals surface area (Å²) in [7, 11) is 1.55. The maximum atomic E-state index is 11.7. The van der Waals surface area contributed by atoms with Crippen LogP contribution in [0.25, 0.3) is 6.08 Å². The van der Waals surface area contributed by atoms with Gasteiger partial charge in [-0.2, -0.15) is 0 Å². The van der Waals surface area contributed by atoms with E-state index in [1.54, 1.807) is 31.4 Å². The Bertz CT molecular complexity index is 637. The van der Waals surface area contributed by atoms with E-state index < -0.39 is 5.97 Å². The van der Waals surface area contributed by atoms with Crippen LogP contribution in [0.2, 0.25) is 0 Å². The quantitative estimate of drug-likeness (QED) is 0.533. The van der Waals surface area contributed by atoms with E-state index in [2.05, 4.69) is 5.32 Å². The normalized spacial score (nSPS) is 16.5. The molecule has 1 atom stereocenters. The van der Waals surface area contributed by atoms with E-state index in [1.165, 1.54) is 6.08 Å². The van der Waals surface area contributed by atoms with Crippen LogP contribution in [-0.2, 0) is 19.1 Å². The first-order valence-electron chi connectivity index (χ1n) is 8.66. The van der Waals surface area contributed by atoms with Crippen LogP contribution >= 0.6 is 0 Å². The monoisotopic (exact) mass is 363 g/mol. The molecular weight excluding hydrogens is 338 g/mol. The number of nitrogens with one attached hydrogen (secondary N) is 1. The van der Waals surface area contributed by atoms with Gasteiger partial charge in [-0.1, -0.05) is 6.07 Å². The van der Waals surface area contributed by atoms with Crippen LogP contribution in [0.4, 0.5) is 0 Å². The molecule has 0 radical (unpaired) electrons. The molecule has 1 aromatic rings. The number of esters is 1. The zero-order valence-corrected chi connectivity index (χ0v) is 15.2. The predicted molar refractivity (Wildman–Crippen MR) is 96.1 cm³/mol. The molecule has 0 saturated carbocycles. The van der Waals surface area contributed by atoms with Crippen molar-refractivity contribution in [3.63, 3.8) is 0 Å². The second-order valence-electron chi connectivity index (χ2n) is 5.72. The lowest BCUT2D eigenvalue weighted by atomic mass is 10.2. The van der Waals surface area contributed by atoms with Crippen LogP contribution < -0.4 is 14.8 Å². The lowest BCUT2D eigenvalue weighted by Gasteiger charge is -2.10. The number of ether oxygens (including phenoxy) is 4. The Morgan fingerprint density at radius 3 is 2.88 bits per heavy atom. The van der Waals surface area contributed by atoms with Crippen molar-refractivity contribution in [2.75, 3.05) is 33.5 Å². The highest BCUT2D eigenvalue weighted by Gasteiger charge is 2.16. The maximum Gasteiger partial charge on any atom is 0.331 e. The number of benzene rings is 1. The number of rotatable bonds is 9. The van der Waals surface area contributed by atoms with E-state index in [0.717, 1.165) is 25.0 Å². The van der Waals surface area contributed by atoms with Crippen LogP contribution in [0, 0.1) is 0 Å². The van der Waals surface area contributed by atoms with E-state index in [0.29, 0.717) is 24.7 Å². The molecule has 7 nitrogen and oxygen atoms in total. The molecule has 0 unspecified atom stereocenters. The van der Waals surface area contributed by atoms with Crippen molar-refractivity contribution in [1.29, 1.82) is 0 Å². The molecule has 2 rings (SSSR count). The minimum Gasteiger partial charge on any atom is -0.493 e. The summed E-state index contributed by atoms with van der Waals surface area (Å²) in [5, 5.41) is 2.69. The number of hydrogen-bond donors (Lipinski definition) is 1. The fraction of sp³-hybridized carbons (Fsp3) is 0.474. The third-order valence-electron chi connectivity index (χ3n) is 3.80. The highest BCUT2D eigenvalue weighted by molar-refractivity contribution is 5.89. The highest BCUT2D eigenvalue weighted by atomic mass is 16.5. The third-order valence-corrected chi connectivity index (χ3v) is 3.80. The van der Waals surface area contributed by atoms with E-state index >= 15 is 0 Å². The van der Waals surface area contributed by atoms with E-state index in [9.17, 15) is 9.59 Å². The number of methoxy groups -OCH3 is 1. The molecule has 1 aliphatic rings. The molecule has 1 amide bonds. The lowest BCUT2D eigenvalue weighted by molar-refractivity contribution is -0.143. The summed E-state index contributed by atoms with van der Waals surface area (Å²) in [6.45, 7) is 3.28. The van der Waals surface area contributed by atoms with Crippen LogP contribution in [0.15, 0.2) is 24.3 Å². The van der Waals surface area contributed by atoms with Gasteiger partial charge in [0.2, 0.25) is 0 Å². The Balaban J connectivity index is 1.76. The van der Waals surface area contributed by atoms with Gasteiger partial charge < -0.3 is 24.3 Å². The van der Waals surface area contributed by atoms with Gasteiger partial charge in [-0.25, -0.2) is 4.79 Å². The van der Waals surface area contributed by atoms with Crippen molar-refractivity contribution in [2.24, 2.45) is 0 Å². The first kappa shape index (κ1) is 19.8. The van der Waals surface area contributed by atoms with E-state index in [-0.39, 0.29) is 18.6 Å². The van der Waals surface area contributed by atoms with Crippen molar-refractivity contribution in [3.05, 3.63) is 29.8 Å². The fourth-order valence-electron chi connectivity index (χ4n) is 2.50. The average molecular weight is 363 g/mol. The summed E-state index contributed by atoms with van der Waals surface area (Å²) in [6.07, 6.45) is 4.86. The smallest absolute Gasteiger partial charge is 0.331 e. The highest BCUT2D eigenvalue weighted by Crippen LogP contribution is 2.28. The summed E-state index contributed by atoms with van der Waals surface area (Å²) in [4.78, 5) is 23.4. The Morgan fingerprint density at radius 2 is 2.19 bits per heavy atom. The summed E-state index contributed by atoms with van der Waals surface area (Å²) in [5.74, 6) is 0.281. The molecule has 0 aromatic heterocycles. The number of amides is 1. The topological polar surface area (TPSA) is 83.1 Å². The molecular formula is C19H25NO6. The average Bonchev–Trinajstić information content (AvgIpc) is 3.17. The van der Waals surface area contributed by atoms with Crippen molar-refractivity contribution in [1.82, 2.24) is 5.32 Å². The van der Waals surface area contributed by atoms with E-state index in [4.69, 9.17) is 18.9 Å². The Morgan fingerprint density at radius 1 is 1.35 bits per heavy atom. The lowest BCUT2D eigenvalue weighted by Crippen LogP contribution is -2.34. The third kappa shape index (κ3) is 6.40. The van der Waals surface area contributed by atoms with Gasteiger partial charge in [0.1, 0.15) is 0 Å². The second-order valence-corrected chi connectivity index (χ2v) is 5.72. The number of hydrogen-bond acceptors (Lipinski definition) is 6. The molecule has 0 aliphatic carbocycles. The maximum absolute atomic E-state index is 11.7. The molecule has 1 fully saturated rings. The largest absolute Gasteiger partial charge is 0.493 e. The van der Waals surface area contributed by atoms with Crippen LogP contribution in [0.1, 0.15) is 25.3 Å². The zero-order valence-electron chi connectivity index (χ0n) is 15.2. The van der Waals surface area contributed by atoms with Crippen molar-refractivity contribution in [2.45, 2.75) is 25.9 Å². The predicted octanol–water partition coefficient (Wildman–Crippen LogP) is 1.95. The van der Waals surface area contributed by atoms with Gasteiger partial charge in [-0.3, -0.25) is 4.79 Å². The molecule has 1 saturated heterocycles. The van der Waals surface area contributed by atoms with Gasteiger partial charge in [0, 0.05) is 19.2 Å². The first-order chi connectivity index (χ1) is 12.6. The molecule has 7 heteroatoms. The Hall–Kier alpha value is -2.54. The van der Waals surface area contributed by atoms with Gasteiger partial charge in [-0.05, 0) is 43.5 Å². The molecule has 1 N–H and O–H groups in total. The first-order valence-corrected chi connectivity index (χ1v) is 8.66. The summed E-state index contributed by atoms with van der Waals surface area (Å²) >= 11 is 0. The Kier molecular flexibility index (Phi) is 7.95. The number of carbonyl (C=O) groups is 2. The second kappa shape index (κ2) is 10.5. The van der Waals surface area contributed by atoms with Gasteiger partial charge >= 0.3 is 5.97 Å². The summed E-state index contributed by atoms with van der Waals surface area (Å²) in [6, 6.07) is 5.32. The zero-order chi connectivity index (χ0) is 18.8. The van der Waals surface area contributed by atoms with Crippen molar-refractivity contribution < 1.29 is 28.5 Å². The van der Waals surface area contributed by atoms with Crippen LogP contribution in [0.3, 0.4) is 0 Å².